The highest BCUT2D eigenvalue weighted by atomic mass is 79.9. The Bertz CT molecular complexity index is 952. The third kappa shape index (κ3) is 7.36. The molecule has 1 N–H and O–H groups in total. The standard InChI is InChI=1S/C22H19BrCl3NO.ClH/c23-18-6-8-22(28-14-16-3-1-2-4-20(16)25)17(11-18)13-27-10-9-15-5-7-19(24)12-21(15)26;/h1-8,11-12,27H,9-10,13-14H2;1H. The SMILES string of the molecule is Cl.Clc1ccc(CCNCc2cc(Br)ccc2OCc2ccccc2Cl)c(Cl)c1. The van der Waals surface area contributed by atoms with Crippen LogP contribution in [0.4, 0.5) is 0 Å². The summed E-state index contributed by atoms with van der Waals surface area (Å²) < 4.78 is 7.03. The third-order valence-electron chi connectivity index (χ3n) is 4.27. The van der Waals surface area contributed by atoms with Crippen LogP contribution in [0.2, 0.25) is 15.1 Å². The van der Waals surface area contributed by atoms with Gasteiger partial charge in [0.25, 0.3) is 0 Å². The summed E-state index contributed by atoms with van der Waals surface area (Å²) in [6.45, 7) is 1.90. The van der Waals surface area contributed by atoms with E-state index in [-0.39, 0.29) is 12.4 Å². The Kier molecular flexibility index (Phi) is 10.1. The molecule has 3 rings (SSSR count). The van der Waals surface area contributed by atoms with Crippen LogP contribution < -0.4 is 10.1 Å². The van der Waals surface area contributed by atoms with Gasteiger partial charge in [0.1, 0.15) is 12.4 Å². The van der Waals surface area contributed by atoms with Crippen LogP contribution in [-0.4, -0.2) is 6.54 Å². The number of halogens is 5. The Balaban J connectivity index is 0.00000300. The minimum absolute atomic E-state index is 0. The lowest BCUT2D eigenvalue weighted by Gasteiger charge is -2.14. The second-order valence-electron chi connectivity index (χ2n) is 6.29. The molecule has 0 aliphatic heterocycles. The number of hydrogen-bond donors (Lipinski definition) is 1. The summed E-state index contributed by atoms with van der Waals surface area (Å²) in [6.07, 6.45) is 0.819. The first kappa shape index (κ1) is 24.3. The zero-order valence-corrected chi connectivity index (χ0v) is 20.1. The quantitative estimate of drug-likeness (QED) is 0.298. The van der Waals surface area contributed by atoms with E-state index in [9.17, 15) is 0 Å². The van der Waals surface area contributed by atoms with Crippen LogP contribution in [0.1, 0.15) is 16.7 Å². The van der Waals surface area contributed by atoms with Gasteiger partial charge in [0.05, 0.1) is 0 Å². The van der Waals surface area contributed by atoms with Gasteiger partial charge in [-0.25, -0.2) is 0 Å². The smallest absolute Gasteiger partial charge is 0.124 e. The van der Waals surface area contributed by atoms with E-state index in [1.807, 2.05) is 48.5 Å². The Morgan fingerprint density at radius 3 is 2.38 bits per heavy atom. The van der Waals surface area contributed by atoms with Crippen molar-refractivity contribution in [3.8, 4) is 5.75 Å². The molecule has 3 aromatic rings. The van der Waals surface area contributed by atoms with Gasteiger partial charge in [-0.05, 0) is 54.9 Å². The van der Waals surface area contributed by atoms with Crippen molar-refractivity contribution in [2.75, 3.05) is 6.54 Å². The molecule has 7 heteroatoms. The predicted molar refractivity (Wildman–Crippen MR) is 129 cm³/mol. The summed E-state index contributed by atoms with van der Waals surface area (Å²) in [5.74, 6) is 0.833. The minimum Gasteiger partial charge on any atom is -0.489 e. The normalized spacial score (nSPS) is 10.5. The molecule has 0 atom stereocenters. The van der Waals surface area contributed by atoms with Gasteiger partial charge in [-0.2, -0.15) is 0 Å². The second kappa shape index (κ2) is 12.0. The summed E-state index contributed by atoms with van der Waals surface area (Å²) in [7, 11) is 0. The van der Waals surface area contributed by atoms with Crippen LogP contribution >= 0.6 is 63.1 Å². The van der Waals surface area contributed by atoms with Crippen molar-refractivity contribution in [3.05, 3.63) is 96.9 Å². The van der Waals surface area contributed by atoms with Crippen molar-refractivity contribution in [3.63, 3.8) is 0 Å². The van der Waals surface area contributed by atoms with Gasteiger partial charge >= 0.3 is 0 Å². The molecule has 154 valence electrons. The number of rotatable bonds is 8. The molecule has 0 saturated heterocycles. The monoisotopic (exact) mass is 533 g/mol. The minimum atomic E-state index is 0. The maximum absolute atomic E-state index is 6.23. The molecule has 0 radical (unpaired) electrons. The lowest BCUT2D eigenvalue weighted by atomic mass is 10.1. The van der Waals surface area contributed by atoms with Gasteiger partial charge in [-0.15, -0.1) is 12.4 Å². The van der Waals surface area contributed by atoms with E-state index in [0.717, 1.165) is 39.9 Å². The van der Waals surface area contributed by atoms with Gasteiger partial charge in [-0.3, -0.25) is 0 Å². The highest BCUT2D eigenvalue weighted by Gasteiger charge is 2.07. The molecule has 0 saturated carbocycles. The van der Waals surface area contributed by atoms with Crippen molar-refractivity contribution >= 4 is 63.1 Å². The molecule has 29 heavy (non-hydrogen) atoms. The van der Waals surface area contributed by atoms with E-state index < -0.39 is 0 Å². The lowest BCUT2D eigenvalue weighted by Crippen LogP contribution is -2.17. The Labute approximate surface area is 201 Å². The fourth-order valence-corrected chi connectivity index (χ4v) is 3.87. The molecular formula is C22H20BrCl4NO. The zero-order chi connectivity index (χ0) is 19.9. The Hall–Kier alpha value is -0.940. The van der Waals surface area contributed by atoms with E-state index in [2.05, 4.69) is 27.3 Å². The average Bonchev–Trinajstić information content (AvgIpc) is 2.67. The number of nitrogens with one attached hydrogen (secondary N) is 1. The molecule has 0 aromatic heterocycles. The number of benzene rings is 3. The fraction of sp³-hybridized carbons (Fsp3) is 0.182. The summed E-state index contributed by atoms with van der Waals surface area (Å²) >= 11 is 21.9. The highest BCUT2D eigenvalue weighted by molar-refractivity contribution is 9.10. The second-order valence-corrected chi connectivity index (χ2v) is 8.46. The molecule has 0 unspecified atom stereocenters. The Morgan fingerprint density at radius 1 is 0.828 bits per heavy atom. The van der Waals surface area contributed by atoms with E-state index in [4.69, 9.17) is 39.5 Å². The zero-order valence-electron chi connectivity index (χ0n) is 15.4. The van der Waals surface area contributed by atoms with Gasteiger partial charge in [0.15, 0.2) is 0 Å². The maximum atomic E-state index is 6.23. The topological polar surface area (TPSA) is 21.3 Å². The first-order valence-corrected chi connectivity index (χ1v) is 10.7. The van der Waals surface area contributed by atoms with Crippen LogP contribution in [0.25, 0.3) is 0 Å². The summed E-state index contributed by atoms with van der Waals surface area (Å²) in [5.41, 5.74) is 3.11. The maximum Gasteiger partial charge on any atom is 0.124 e. The van der Waals surface area contributed by atoms with Gasteiger partial charge in [0, 0.05) is 37.2 Å². The van der Waals surface area contributed by atoms with Crippen molar-refractivity contribution < 1.29 is 4.74 Å². The van der Waals surface area contributed by atoms with Crippen LogP contribution in [0.5, 0.6) is 5.75 Å². The van der Waals surface area contributed by atoms with Gasteiger partial charge in [0.2, 0.25) is 0 Å². The number of hydrogen-bond acceptors (Lipinski definition) is 2. The number of ether oxygens (including phenoxy) is 1. The largest absolute Gasteiger partial charge is 0.489 e. The van der Waals surface area contributed by atoms with Crippen molar-refractivity contribution in [1.29, 1.82) is 0 Å². The third-order valence-corrected chi connectivity index (χ3v) is 5.71. The first-order valence-electron chi connectivity index (χ1n) is 8.82. The fourth-order valence-electron chi connectivity index (χ4n) is 2.77. The van der Waals surface area contributed by atoms with Crippen LogP contribution in [0, 0.1) is 0 Å². The highest BCUT2D eigenvalue weighted by Crippen LogP contribution is 2.26. The summed E-state index contributed by atoms with van der Waals surface area (Å²) in [4.78, 5) is 0. The van der Waals surface area contributed by atoms with Crippen molar-refractivity contribution in [1.82, 2.24) is 5.32 Å². The lowest BCUT2D eigenvalue weighted by molar-refractivity contribution is 0.302. The van der Waals surface area contributed by atoms with Crippen LogP contribution in [0.3, 0.4) is 0 Å². The molecule has 0 fully saturated rings. The van der Waals surface area contributed by atoms with Gasteiger partial charge < -0.3 is 10.1 Å². The molecular weight excluding hydrogens is 516 g/mol. The molecule has 0 aliphatic rings. The van der Waals surface area contributed by atoms with Crippen molar-refractivity contribution in [2.24, 2.45) is 0 Å². The molecule has 0 amide bonds. The molecule has 3 aromatic carbocycles. The summed E-state index contributed by atoms with van der Waals surface area (Å²) in [5, 5.41) is 5.50. The summed E-state index contributed by atoms with van der Waals surface area (Å²) in [6, 6.07) is 19.3. The predicted octanol–water partition coefficient (Wildman–Crippen LogP) is 7.74. The molecule has 0 spiro atoms. The molecule has 2 nitrogen and oxygen atoms in total. The van der Waals surface area contributed by atoms with Crippen LogP contribution in [-0.2, 0) is 19.6 Å². The molecule has 0 bridgehead atoms. The van der Waals surface area contributed by atoms with Crippen LogP contribution in [0.15, 0.2) is 65.1 Å². The van der Waals surface area contributed by atoms with E-state index in [1.54, 1.807) is 6.07 Å². The first-order chi connectivity index (χ1) is 13.5. The Morgan fingerprint density at radius 2 is 1.62 bits per heavy atom. The molecule has 0 heterocycles. The van der Waals surface area contributed by atoms with E-state index >= 15 is 0 Å². The van der Waals surface area contributed by atoms with E-state index in [0.29, 0.717) is 28.2 Å². The van der Waals surface area contributed by atoms with Gasteiger partial charge in [-0.1, -0.05) is 75.0 Å². The molecule has 0 aliphatic carbocycles. The average molecular weight is 536 g/mol. The van der Waals surface area contributed by atoms with Crippen molar-refractivity contribution in [2.45, 2.75) is 19.6 Å². The van der Waals surface area contributed by atoms with E-state index in [1.165, 1.54) is 0 Å².